The van der Waals surface area contributed by atoms with E-state index in [4.69, 9.17) is 0 Å². The lowest BCUT2D eigenvalue weighted by atomic mass is 9.97. The van der Waals surface area contributed by atoms with Gasteiger partial charge in [-0.2, -0.15) is 0 Å². The fourth-order valence-corrected chi connectivity index (χ4v) is 4.01. The molecule has 1 aromatic carbocycles. The Labute approximate surface area is 190 Å². The summed E-state index contributed by atoms with van der Waals surface area (Å²) in [6, 6.07) is 11.5. The molecule has 0 aliphatic carbocycles. The maximum atomic E-state index is 13.0. The zero-order valence-corrected chi connectivity index (χ0v) is 18.6. The smallest absolute Gasteiger partial charge is 0.296 e. The van der Waals surface area contributed by atoms with Crippen molar-refractivity contribution in [3.63, 3.8) is 0 Å². The molecule has 9 heteroatoms. The van der Waals surface area contributed by atoms with Crippen molar-refractivity contribution in [1.29, 1.82) is 0 Å². The number of hydrogen-bond acceptors (Lipinski definition) is 6. The molecular weight excluding hydrogens is 425 g/mol. The summed E-state index contributed by atoms with van der Waals surface area (Å²) in [5.41, 5.74) is 0.504. The Balaban J connectivity index is 1.54. The standard InChI is InChI=1S/C24H26FN5O3/c1-24(2)23-28-19(13-20(31)27-14-16-6-8-17(25)9-7-16)21(32)22(33)30(23)12-11-29(24)15-18-5-3-4-10-26-18/h3-10,32H,11-15H2,1-2H3,(H,27,31). The van der Waals surface area contributed by atoms with Crippen LogP contribution in [0.4, 0.5) is 4.39 Å². The van der Waals surface area contributed by atoms with Gasteiger partial charge in [-0.05, 0) is 43.7 Å². The molecule has 2 aromatic heterocycles. The number of hydrogen-bond donors (Lipinski definition) is 2. The van der Waals surface area contributed by atoms with Crippen LogP contribution < -0.4 is 10.9 Å². The second kappa shape index (κ2) is 9.11. The van der Waals surface area contributed by atoms with Crippen LogP contribution in [0.15, 0.2) is 53.5 Å². The lowest BCUT2D eigenvalue weighted by Crippen LogP contribution is -2.52. The number of halogens is 1. The van der Waals surface area contributed by atoms with E-state index in [-0.39, 0.29) is 24.5 Å². The number of fused-ring (bicyclic) bond motifs is 1. The molecule has 0 fully saturated rings. The highest BCUT2D eigenvalue weighted by Crippen LogP contribution is 2.31. The third-order valence-electron chi connectivity index (χ3n) is 5.96. The van der Waals surface area contributed by atoms with Crippen LogP contribution in [0, 0.1) is 5.82 Å². The van der Waals surface area contributed by atoms with E-state index >= 15 is 0 Å². The quantitative estimate of drug-likeness (QED) is 0.595. The van der Waals surface area contributed by atoms with Gasteiger partial charge in [-0.15, -0.1) is 0 Å². The van der Waals surface area contributed by atoms with E-state index < -0.39 is 22.8 Å². The SMILES string of the molecule is CC1(C)c2nc(CC(=O)NCc3ccc(F)cc3)c(O)c(=O)n2CCN1Cc1ccccn1. The summed E-state index contributed by atoms with van der Waals surface area (Å²) in [7, 11) is 0. The summed E-state index contributed by atoms with van der Waals surface area (Å²) in [6.45, 7) is 5.67. The average molecular weight is 452 g/mol. The molecule has 0 unspecified atom stereocenters. The first-order chi connectivity index (χ1) is 15.8. The Hall–Kier alpha value is -3.59. The number of rotatable bonds is 6. The van der Waals surface area contributed by atoms with Gasteiger partial charge >= 0.3 is 0 Å². The fraction of sp³-hybridized carbons (Fsp3) is 0.333. The third kappa shape index (κ3) is 4.78. The Morgan fingerprint density at radius 3 is 2.64 bits per heavy atom. The number of nitrogens with one attached hydrogen (secondary N) is 1. The largest absolute Gasteiger partial charge is 0.502 e. The minimum absolute atomic E-state index is 0.0376. The number of amides is 1. The topological polar surface area (TPSA) is 100 Å². The Bertz CT molecular complexity index is 1210. The molecule has 0 radical (unpaired) electrons. The number of aromatic nitrogens is 3. The summed E-state index contributed by atoms with van der Waals surface area (Å²) >= 11 is 0. The maximum absolute atomic E-state index is 13.0. The summed E-state index contributed by atoms with van der Waals surface area (Å²) in [5.74, 6) is -0.766. The van der Waals surface area contributed by atoms with Crippen LogP contribution in [-0.4, -0.2) is 37.0 Å². The molecule has 0 saturated heterocycles. The van der Waals surface area contributed by atoms with E-state index in [9.17, 15) is 19.1 Å². The maximum Gasteiger partial charge on any atom is 0.296 e. The Morgan fingerprint density at radius 1 is 1.18 bits per heavy atom. The number of aromatic hydroxyl groups is 1. The van der Waals surface area contributed by atoms with Crippen molar-refractivity contribution in [2.24, 2.45) is 0 Å². The van der Waals surface area contributed by atoms with E-state index in [1.54, 1.807) is 18.3 Å². The van der Waals surface area contributed by atoms with E-state index in [2.05, 4.69) is 20.2 Å². The molecule has 172 valence electrons. The van der Waals surface area contributed by atoms with Crippen molar-refractivity contribution in [2.45, 2.75) is 45.4 Å². The predicted molar refractivity (Wildman–Crippen MR) is 120 cm³/mol. The Kier molecular flexibility index (Phi) is 6.24. The molecule has 1 aliphatic heterocycles. The van der Waals surface area contributed by atoms with Crippen LogP contribution in [0.3, 0.4) is 0 Å². The molecule has 1 aliphatic rings. The molecule has 4 rings (SSSR count). The minimum Gasteiger partial charge on any atom is -0.502 e. The molecule has 8 nitrogen and oxygen atoms in total. The molecular formula is C24H26FN5O3. The van der Waals surface area contributed by atoms with Crippen LogP contribution in [0.25, 0.3) is 0 Å². The zero-order valence-electron chi connectivity index (χ0n) is 18.6. The first-order valence-electron chi connectivity index (χ1n) is 10.7. The molecule has 33 heavy (non-hydrogen) atoms. The lowest BCUT2D eigenvalue weighted by Gasteiger charge is -2.43. The number of benzene rings is 1. The molecule has 0 saturated carbocycles. The van der Waals surface area contributed by atoms with E-state index in [1.807, 2.05) is 32.0 Å². The van der Waals surface area contributed by atoms with Crippen LogP contribution in [0.2, 0.25) is 0 Å². The third-order valence-corrected chi connectivity index (χ3v) is 5.96. The molecule has 0 bridgehead atoms. The van der Waals surface area contributed by atoms with Gasteiger partial charge in [0.05, 0.1) is 23.3 Å². The highest BCUT2D eigenvalue weighted by Gasteiger charge is 2.38. The fourth-order valence-electron chi connectivity index (χ4n) is 4.01. The summed E-state index contributed by atoms with van der Waals surface area (Å²) in [5, 5.41) is 13.2. The van der Waals surface area contributed by atoms with Gasteiger partial charge in [0.1, 0.15) is 11.6 Å². The molecule has 3 aromatic rings. The molecule has 0 atom stereocenters. The summed E-state index contributed by atoms with van der Waals surface area (Å²) in [4.78, 5) is 36.5. The molecule has 3 heterocycles. The van der Waals surface area contributed by atoms with Crippen molar-refractivity contribution in [2.75, 3.05) is 6.54 Å². The van der Waals surface area contributed by atoms with Crippen LogP contribution >= 0.6 is 0 Å². The van der Waals surface area contributed by atoms with Gasteiger partial charge in [0.25, 0.3) is 5.56 Å². The van der Waals surface area contributed by atoms with Crippen molar-refractivity contribution >= 4 is 5.91 Å². The summed E-state index contributed by atoms with van der Waals surface area (Å²) < 4.78 is 14.5. The van der Waals surface area contributed by atoms with Crippen LogP contribution in [0.1, 0.15) is 36.6 Å². The van der Waals surface area contributed by atoms with Crippen molar-refractivity contribution in [3.8, 4) is 5.75 Å². The minimum atomic E-state index is -0.623. The molecule has 0 spiro atoms. The molecule has 2 N–H and O–H groups in total. The van der Waals surface area contributed by atoms with Gasteiger partial charge in [0, 0.05) is 32.4 Å². The highest BCUT2D eigenvalue weighted by molar-refractivity contribution is 5.78. The van der Waals surface area contributed by atoms with Gasteiger partial charge in [-0.1, -0.05) is 18.2 Å². The monoisotopic (exact) mass is 451 g/mol. The Morgan fingerprint density at radius 2 is 1.94 bits per heavy atom. The van der Waals surface area contributed by atoms with Crippen molar-refractivity contribution < 1.29 is 14.3 Å². The van der Waals surface area contributed by atoms with Gasteiger partial charge in [0.2, 0.25) is 11.7 Å². The molecule has 1 amide bonds. The zero-order chi connectivity index (χ0) is 23.6. The van der Waals surface area contributed by atoms with Crippen LogP contribution in [-0.2, 0) is 36.4 Å². The van der Waals surface area contributed by atoms with Crippen molar-refractivity contribution in [3.05, 3.63) is 87.6 Å². The van der Waals surface area contributed by atoms with Crippen molar-refractivity contribution in [1.82, 2.24) is 24.8 Å². The second-order valence-corrected chi connectivity index (χ2v) is 8.57. The lowest BCUT2D eigenvalue weighted by molar-refractivity contribution is -0.120. The van der Waals surface area contributed by atoms with E-state index in [0.29, 0.717) is 25.5 Å². The van der Waals surface area contributed by atoms with Gasteiger partial charge < -0.3 is 10.4 Å². The van der Waals surface area contributed by atoms with Gasteiger partial charge in [-0.25, -0.2) is 9.37 Å². The number of pyridine rings is 1. The second-order valence-electron chi connectivity index (χ2n) is 8.57. The number of carbonyl (C=O) groups is 1. The number of nitrogens with zero attached hydrogens (tertiary/aromatic N) is 4. The van der Waals surface area contributed by atoms with Gasteiger partial charge in [0.15, 0.2) is 0 Å². The van der Waals surface area contributed by atoms with E-state index in [0.717, 1.165) is 11.3 Å². The number of carbonyl (C=O) groups excluding carboxylic acids is 1. The highest BCUT2D eigenvalue weighted by atomic mass is 19.1. The van der Waals surface area contributed by atoms with E-state index in [1.165, 1.54) is 16.7 Å². The predicted octanol–water partition coefficient (Wildman–Crippen LogP) is 2.09. The van der Waals surface area contributed by atoms with Gasteiger partial charge in [-0.3, -0.25) is 24.0 Å². The normalized spacial score (nSPS) is 15.1. The average Bonchev–Trinajstić information content (AvgIpc) is 2.80. The van der Waals surface area contributed by atoms with Crippen LogP contribution in [0.5, 0.6) is 5.75 Å². The first-order valence-corrected chi connectivity index (χ1v) is 10.7. The first kappa shape index (κ1) is 22.6. The summed E-state index contributed by atoms with van der Waals surface area (Å²) in [6.07, 6.45) is 1.50.